The van der Waals surface area contributed by atoms with Crippen LogP contribution >= 0.6 is 0 Å². The third-order valence-electron chi connectivity index (χ3n) is 4.57. The summed E-state index contributed by atoms with van der Waals surface area (Å²) in [7, 11) is -15.2. The summed E-state index contributed by atoms with van der Waals surface area (Å²) >= 11 is 0. The molecule has 7 N–H and O–H groups in total. The molecular formula is C17H27N3O16S3. The number of rotatable bonds is 17. The van der Waals surface area contributed by atoms with Crippen LogP contribution in [0.4, 0.5) is 0 Å². The predicted octanol–water partition coefficient (Wildman–Crippen LogP) is -4.24. The number of Topliss-reactive ketones (excluding diaryl/α,β-unsaturated/α-hetero) is 2. The van der Waals surface area contributed by atoms with Crippen molar-refractivity contribution >= 4 is 65.6 Å². The summed E-state index contributed by atoms with van der Waals surface area (Å²) in [5.41, 5.74) is 0. The molecule has 0 aliphatic rings. The number of carbonyl (C=O) groups excluding carboxylic acids is 5. The quantitative estimate of drug-likeness (QED) is 0.0752. The van der Waals surface area contributed by atoms with Gasteiger partial charge in [-0.2, -0.15) is 25.3 Å². The number of aliphatic carboxylic acids is 1. The Morgan fingerprint density at radius 2 is 0.974 bits per heavy atom. The van der Waals surface area contributed by atoms with Gasteiger partial charge in [0.15, 0.2) is 0 Å². The number of carbonyl (C=O) groups is 6. The third-order valence-corrected chi connectivity index (χ3v) is 6.84. The Bertz CT molecular complexity index is 1310. The highest BCUT2D eigenvalue weighted by Gasteiger charge is 2.35. The van der Waals surface area contributed by atoms with Gasteiger partial charge < -0.3 is 25.9 Å². The Morgan fingerprint density at radius 1 is 0.615 bits per heavy atom. The smallest absolute Gasteiger partial charge is 0.327 e. The van der Waals surface area contributed by atoms with E-state index in [1.54, 1.807) is 5.32 Å². The van der Waals surface area contributed by atoms with E-state index in [2.05, 4.69) is 0 Å². The van der Waals surface area contributed by atoms with E-state index in [-0.39, 0.29) is 6.42 Å². The first-order valence-electron chi connectivity index (χ1n) is 10.4. The fourth-order valence-electron chi connectivity index (χ4n) is 2.90. The van der Waals surface area contributed by atoms with Gasteiger partial charge in [-0.25, -0.2) is 4.79 Å². The Morgan fingerprint density at radius 3 is 1.31 bits per heavy atom. The summed E-state index contributed by atoms with van der Waals surface area (Å²) in [4.78, 5) is 71.6. The summed E-state index contributed by atoms with van der Waals surface area (Å²) in [6.45, 7) is 2.17. The van der Waals surface area contributed by atoms with E-state index in [0.717, 1.165) is 13.8 Å². The number of carboxylic acid groups (broad SMARTS) is 1. The fourth-order valence-corrected chi connectivity index (χ4v) is 4.86. The van der Waals surface area contributed by atoms with Crippen molar-refractivity contribution in [3.05, 3.63) is 0 Å². The second-order valence-electron chi connectivity index (χ2n) is 8.24. The highest BCUT2D eigenvalue weighted by Crippen LogP contribution is 2.11. The van der Waals surface area contributed by atoms with Crippen LogP contribution < -0.4 is 16.0 Å². The summed E-state index contributed by atoms with van der Waals surface area (Å²) in [6, 6.07) is -7.08. The molecule has 224 valence electrons. The maximum absolute atomic E-state index is 12.7. The molecule has 0 heterocycles. The fraction of sp³-hybridized carbons (Fsp3) is 0.647. The second-order valence-corrected chi connectivity index (χ2v) is 12.7. The first kappa shape index (κ1) is 35.9. The number of hydrogen-bond donors (Lipinski definition) is 7. The van der Waals surface area contributed by atoms with Gasteiger partial charge in [0.25, 0.3) is 30.4 Å². The van der Waals surface area contributed by atoms with Gasteiger partial charge >= 0.3 is 5.97 Å². The SMILES string of the molecule is CC(=O)CC(CC(=O)N[C@H](CS(=O)(=O)O)C(=O)N[C@H](CS(=O)(=O)O)C(=O)N[C@H](CS(=O)(=O)O)C(=O)O)C(C)=O. The normalized spacial score (nSPS) is 15.2. The van der Waals surface area contributed by atoms with Crippen LogP contribution in [0.3, 0.4) is 0 Å². The van der Waals surface area contributed by atoms with Crippen molar-refractivity contribution < 1.29 is 72.8 Å². The van der Waals surface area contributed by atoms with Crippen LogP contribution in [0, 0.1) is 5.92 Å². The molecule has 1 unspecified atom stereocenters. The monoisotopic (exact) mass is 625 g/mol. The van der Waals surface area contributed by atoms with Crippen molar-refractivity contribution in [2.45, 2.75) is 44.8 Å². The van der Waals surface area contributed by atoms with Crippen molar-refractivity contribution in [2.24, 2.45) is 5.92 Å². The van der Waals surface area contributed by atoms with E-state index in [9.17, 15) is 54.0 Å². The standard InChI is InChI=1S/C17H27N3O16S3/c1-8(21)3-10(9(2)22)4-14(23)18-11(5-37(28,29)30)15(24)19-12(6-38(31,32)33)16(25)20-13(17(26)27)7-39(34,35)36/h10-13H,3-7H2,1-2H3,(H,18,23)(H,19,24)(H,20,25)(H,26,27)(H,28,29,30)(H,31,32,33)(H,34,35,36)/t10?,11-,12-,13-/m1/s1. The molecule has 0 rings (SSSR count). The Labute approximate surface area is 222 Å². The van der Waals surface area contributed by atoms with Gasteiger partial charge in [-0.1, -0.05) is 0 Å². The molecule has 0 saturated carbocycles. The van der Waals surface area contributed by atoms with E-state index in [1.807, 2.05) is 5.32 Å². The van der Waals surface area contributed by atoms with E-state index in [1.165, 1.54) is 5.32 Å². The largest absolute Gasteiger partial charge is 0.480 e. The predicted molar refractivity (Wildman–Crippen MR) is 127 cm³/mol. The number of hydrogen-bond acceptors (Lipinski definition) is 12. The molecule has 0 aliphatic carbocycles. The van der Waals surface area contributed by atoms with Gasteiger partial charge in [0, 0.05) is 18.8 Å². The van der Waals surface area contributed by atoms with Gasteiger partial charge in [0.1, 0.15) is 47.0 Å². The van der Waals surface area contributed by atoms with Crippen LogP contribution in [0.25, 0.3) is 0 Å². The molecule has 19 nitrogen and oxygen atoms in total. The highest BCUT2D eigenvalue weighted by atomic mass is 32.2. The number of carboxylic acids is 1. The molecule has 0 aliphatic heterocycles. The molecule has 0 spiro atoms. The van der Waals surface area contributed by atoms with Crippen molar-refractivity contribution in [1.82, 2.24) is 16.0 Å². The van der Waals surface area contributed by atoms with Gasteiger partial charge in [-0.15, -0.1) is 0 Å². The first-order chi connectivity index (χ1) is 17.4. The number of ketones is 2. The molecule has 39 heavy (non-hydrogen) atoms. The lowest BCUT2D eigenvalue weighted by molar-refractivity contribution is -0.141. The van der Waals surface area contributed by atoms with Gasteiger partial charge in [0.2, 0.25) is 17.7 Å². The van der Waals surface area contributed by atoms with Gasteiger partial charge in [-0.3, -0.25) is 32.8 Å². The van der Waals surface area contributed by atoms with E-state index >= 15 is 0 Å². The minimum Gasteiger partial charge on any atom is -0.480 e. The Balaban J connectivity index is 6.04. The lowest BCUT2D eigenvalue weighted by atomic mass is 9.95. The van der Waals surface area contributed by atoms with Crippen molar-refractivity contribution in [1.29, 1.82) is 0 Å². The number of amides is 3. The lowest BCUT2D eigenvalue weighted by Gasteiger charge is -2.23. The molecule has 22 heteroatoms. The third kappa shape index (κ3) is 16.5. The molecule has 0 radical (unpaired) electrons. The Hall–Kier alpha value is -3.05. The van der Waals surface area contributed by atoms with Gasteiger partial charge in [0.05, 0.1) is 0 Å². The molecule has 0 aromatic rings. The average Bonchev–Trinajstić information content (AvgIpc) is 2.68. The zero-order chi connectivity index (χ0) is 30.9. The summed E-state index contributed by atoms with van der Waals surface area (Å²) in [5, 5.41) is 14.0. The highest BCUT2D eigenvalue weighted by molar-refractivity contribution is 7.86. The minimum atomic E-state index is -5.14. The van der Waals surface area contributed by atoms with Crippen LogP contribution in [0.2, 0.25) is 0 Å². The lowest BCUT2D eigenvalue weighted by Crippen LogP contribution is -2.59. The molecule has 0 fully saturated rings. The first-order valence-corrected chi connectivity index (χ1v) is 15.2. The zero-order valence-electron chi connectivity index (χ0n) is 20.3. The van der Waals surface area contributed by atoms with Crippen LogP contribution in [0.15, 0.2) is 0 Å². The summed E-state index contributed by atoms with van der Waals surface area (Å²) < 4.78 is 94.4. The second kappa shape index (κ2) is 14.4. The average molecular weight is 626 g/mol. The van der Waals surface area contributed by atoms with Crippen molar-refractivity contribution in [2.75, 3.05) is 17.3 Å². The van der Waals surface area contributed by atoms with Gasteiger partial charge in [-0.05, 0) is 13.8 Å². The molecule has 0 bridgehead atoms. The minimum absolute atomic E-state index is 0.386. The van der Waals surface area contributed by atoms with Crippen LogP contribution in [0.5, 0.6) is 0 Å². The summed E-state index contributed by atoms with van der Waals surface area (Å²) in [6.07, 6.45) is -1.11. The Kier molecular flexibility index (Phi) is 13.2. The van der Waals surface area contributed by atoms with Crippen LogP contribution in [-0.4, -0.2) is 115 Å². The topological polar surface area (TPSA) is 322 Å². The molecule has 0 saturated heterocycles. The van der Waals surface area contributed by atoms with E-state index in [4.69, 9.17) is 18.8 Å². The molecule has 4 atom stereocenters. The number of nitrogens with one attached hydrogen (secondary N) is 3. The molecular weight excluding hydrogens is 598 g/mol. The maximum atomic E-state index is 12.7. The zero-order valence-corrected chi connectivity index (χ0v) is 22.7. The van der Waals surface area contributed by atoms with Crippen LogP contribution in [-0.2, 0) is 59.1 Å². The molecule has 0 aromatic carbocycles. The van der Waals surface area contributed by atoms with Crippen molar-refractivity contribution in [3.63, 3.8) is 0 Å². The molecule has 0 aromatic heterocycles. The summed E-state index contributed by atoms with van der Waals surface area (Å²) in [5.74, 6) is -13.7. The molecule has 3 amide bonds. The maximum Gasteiger partial charge on any atom is 0.327 e. The van der Waals surface area contributed by atoms with Crippen molar-refractivity contribution in [3.8, 4) is 0 Å². The van der Waals surface area contributed by atoms with Crippen LogP contribution in [0.1, 0.15) is 26.7 Å². The van der Waals surface area contributed by atoms with E-state index < -0.39 is 113 Å². The van der Waals surface area contributed by atoms with E-state index in [0.29, 0.717) is 0 Å².